The Morgan fingerprint density at radius 1 is 1.04 bits per heavy atom. The topological polar surface area (TPSA) is 36.4 Å². The van der Waals surface area contributed by atoms with Crippen LogP contribution in [0.5, 0.6) is 0 Å². The van der Waals surface area contributed by atoms with Gasteiger partial charge in [-0.2, -0.15) is 0 Å². The molecular formula is C22H27N3O. The lowest BCUT2D eigenvalue weighted by atomic mass is 9.97. The molecule has 2 fully saturated rings. The molecule has 0 N–H and O–H groups in total. The lowest BCUT2D eigenvalue weighted by Gasteiger charge is -2.38. The van der Waals surface area contributed by atoms with Gasteiger partial charge in [-0.1, -0.05) is 30.3 Å². The quantitative estimate of drug-likeness (QED) is 0.847. The van der Waals surface area contributed by atoms with E-state index in [9.17, 15) is 4.79 Å². The van der Waals surface area contributed by atoms with Gasteiger partial charge < -0.3 is 4.90 Å². The van der Waals surface area contributed by atoms with Gasteiger partial charge in [0.05, 0.1) is 11.3 Å². The fourth-order valence-electron chi connectivity index (χ4n) is 4.40. The Hall–Kier alpha value is -2.20. The van der Waals surface area contributed by atoms with Crippen LogP contribution in [-0.4, -0.2) is 52.9 Å². The predicted molar refractivity (Wildman–Crippen MR) is 104 cm³/mol. The minimum Gasteiger partial charge on any atom is -0.337 e. The lowest BCUT2D eigenvalue weighted by Crippen LogP contribution is -2.49. The van der Waals surface area contributed by atoms with E-state index >= 15 is 0 Å². The van der Waals surface area contributed by atoms with Gasteiger partial charge in [-0.15, -0.1) is 0 Å². The number of aryl methyl sites for hydroxylation is 1. The van der Waals surface area contributed by atoms with Crippen molar-refractivity contribution < 1.29 is 4.79 Å². The summed E-state index contributed by atoms with van der Waals surface area (Å²) in [7, 11) is 0. The fourth-order valence-corrected chi connectivity index (χ4v) is 4.40. The molecule has 0 radical (unpaired) electrons. The molecule has 1 aromatic heterocycles. The second kappa shape index (κ2) is 7.58. The zero-order chi connectivity index (χ0) is 17.9. The van der Waals surface area contributed by atoms with Gasteiger partial charge in [0.25, 0.3) is 5.91 Å². The molecule has 26 heavy (non-hydrogen) atoms. The van der Waals surface area contributed by atoms with Crippen molar-refractivity contribution in [2.75, 3.05) is 26.2 Å². The van der Waals surface area contributed by atoms with Gasteiger partial charge in [0, 0.05) is 25.3 Å². The number of pyridine rings is 1. The molecule has 4 nitrogen and oxygen atoms in total. The van der Waals surface area contributed by atoms with Crippen LogP contribution in [0, 0.1) is 6.92 Å². The normalized spacial score (nSPS) is 21.1. The van der Waals surface area contributed by atoms with Crippen LogP contribution in [0.15, 0.2) is 42.6 Å². The molecular weight excluding hydrogens is 322 g/mol. The number of likely N-dealkylation sites (tertiary alicyclic amines) is 2. The Labute approximate surface area is 155 Å². The molecule has 0 aliphatic carbocycles. The molecule has 2 aromatic rings. The SMILES string of the molecule is Cc1nccc(-c2ccccc2)c1C(=O)N1CCC[C@H](N2CCCC2)C1. The Balaban J connectivity index is 1.62. The van der Waals surface area contributed by atoms with Crippen molar-refractivity contribution in [1.82, 2.24) is 14.8 Å². The molecule has 2 aliphatic heterocycles. The largest absolute Gasteiger partial charge is 0.337 e. The first kappa shape index (κ1) is 17.2. The molecule has 4 rings (SSSR count). The van der Waals surface area contributed by atoms with Crippen LogP contribution in [0.3, 0.4) is 0 Å². The van der Waals surface area contributed by atoms with Crippen LogP contribution >= 0.6 is 0 Å². The van der Waals surface area contributed by atoms with E-state index in [1.807, 2.05) is 31.2 Å². The third kappa shape index (κ3) is 3.38. The standard InChI is InChI=1S/C22H27N3O/c1-17-21(20(11-12-23-17)18-8-3-2-4-9-18)22(26)25-15-7-10-19(16-25)24-13-5-6-14-24/h2-4,8-9,11-12,19H,5-7,10,13-16H2,1H3/t19-/m0/s1. The smallest absolute Gasteiger partial charge is 0.256 e. The van der Waals surface area contributed by atoms with Crippen LogP contribution in [-0.2, 0) is 0 Å². The van der Waals surface area contributed by atoms with Gasteiger partial charge in [0.2, 0.25) is 0 Å². The molecule has 1 atom stereocenters. The van der Waals surface area contributed by atoms with Crippen molar-refractivity contribution >= 4 is 5.91 Å². The Kier molecular flexibility index (Phi) is 5.02. The number of hydrogen-bond donors (Lipinski definition) is 0. The van der Waals surface area contributed by atoms with Crippen LogP contribution in [0.1, 0.15) is 41.7 Å². The summed E-state index contributed by atoms with van der Waals surface area (Å²) < 4.78 is 0. The van der Waals surface area contributed by atoms with E-state index in [0.29, 0.717) is 6.04 Å². The number of amides is 1. The van der Waals surface area contributed by atoms with Crippen LogP contribution < -0.4 is 0 Å². The summed E-state index contributed by atoms with van der Waals surface area (Å²) in [6, 6.07) is 12.7. The van der Waals surface area contributed by atoms with E-state index in [2.05, 4.69) is 26.9 Å². The first-order chi connectivity index (χ1) is 12.7. The van der Waals surface area contributed by atoms with Crippen molar-refractivity contribution in [2.45, 2.75) is 38.6 Å². The molecule has 1 aromatic carbocycles. The van der Waals surface area contributed by atoms with E-state index in [4.69, 9.17) is 0 Å². The van der Waals surface area contributed by atoms with Gasteiger partial charge in [0.1, 0.15) is 0 Å². The van der Waals surface area contributed by atoms with Crippen LogP contribution in [0.2, 0.25) is 0 Å². The second-order valence-corrected chi connectivity index (χ2v) is 7.48. The van der Waals surface area contributed by atoms with Gasteiger partial charge in [0.15, 0.2) is 0 Å². The highest BCUT2D eigenvalue weighted by molar-refractivity contribution is 6.01. The zero-order valence-electron chi connectivity index (χ0n) is 15.5. The molecule has 136 valence electrons. The molecule has 0 unspecified atom stereocenters. The van der Waals surface area contributed by atoms with Crippen LogP contribution in [0.4, 0.5) is 0 Å². The van der Waals surface area contributed by atoms with Gasteiger partial charge in [-0.25, -0.2) is 0 Å². The summed E-state index contributed by atoms with van der Waals surface area (Å²) in [4.78, 5) is 22.5. The number of piperidine rings is 1. The summed E-state index contributed by atoms with van der Waals surface area (Å²) in [6.45, 7) is 6.02. The van der Waals surface area contributed by atoms with E-state index < -0.39 is 0 Å². The molecule has 3 heterocycles. The van der Waals surface area contributed by atoms with E-state index in [1.54, 1.807) is 6.20 Å². The molecule has 0 bridgehead atoms. The Morgan fingerprint density at radius 2 is 1.81 bits per heavy atom. The lowest BCUT2D eigenvalue weighted by molar-refractivity contribution is 0.0607. The van der Waals surface area contributed by atoms with Gasteiger partial charge in [-0.05, 0) is 62.9 Å². The number of carbonyl (C=O) groups excluding carboxylic acids is 1. The average molecular weight is 349 g/mol. The molecule has 1 amide bonds. The third-order valence-electron chi connectivity index (χ3n) is 5.78. The van der Waals surface area contributed by atoms with Crippen molar-refractivity contribution in [3.8, 4) is 11.1 Å². The van der Waals surface area contributed by atoms with Gasteiger partial charge >= 0.3 is 0 Å². The Bertz CT molecular complexity index is 768. The minimum atomic E-state index is 0.137. The molecule has 4 heteroatoms. The fraction of sp³-hybridized carbons (Fsp3) is 0.455. The monoisotopic (exact) mass is 349 g/mol. The highest BCUT2D eigenvalue weighted by Gasteiger charge is 2.31. The maximum atomic E-state index is 13.4. The summed E-state index contributed by atoms with van der Waals surface area (Å²) in [5, 5.41) is 0. The summed E-state index contributed by atoms with van der Waals surface area (Å²) in [5.41, 5.74) is 3.65. The predicted octanol–water partition coefficient (Wildman–Crippen LogP) is 3.76. The van der Waals surface area contributed by atoms with Crippen LogP contribution in [0.25, 0.3) is 11.1 Å². The van der Waals surface area contributed by atoms with E-state index in [-0.39, 0.29) is 5.91 Å². The number of carbonyl (C=O) groups is 1. The number of benzene rings is 1. The van der Waals surface area contributed by atoms with E-state index in [0.717, 1.165) is 41.9 Å². The molecule has 2 saturated heterocycles. The zero-order valence-corrected chi connectivity index (χ0v) is 15.5. The maximum absolute atomic E-state index is 13.4. The van der Waals surface area contributed by atoms with Crippen molar-refractivity contribution in [2.24, 2.45) is 0 Å². The second-order valence-electron chi connectivity index (χ2n) is 7.48. The molecule has 2 aliphatic rings. The van der Waals surface area contributed by atoms with Crippen molar-refractivity contribution in [3.63, 3.8) is 0 Å². The van der Waals surface area contributed by atoms with Gasteiger partial charge in [-0.3, -0.25) is 14.7 Å². The maximum Gasteiger partial charge on any atom is 0.256 e. The highest BCUT2D eigenvalue weighted by Crippen LogP contribution is 2.28. The number of nitrogens with zero attached hydrogens (tertiary/aromatic N) is 3. The number of hydrogen-bond acceptors (Lipinski definition) is 3. The summed E-state index contributed by atoms with van der Waals surface area (Å²) >= 11 is 0. The molecule has 0 spiro atoms. The Morgan fingerprint density at radius 3 is 2.58 bits per heavy atom. The number of rotatable bonds is 3. The minimum absolute atomic E-state index is 0.137. The number of aromatic nitrogens is 1. The first-order valence-electron chi connectivity index (χ1n) is 9.78. The summed E-state index contributed by atoms with van der Waals surface area (Å²) in [6.07, 6.45) is 6.69. The van der Waals surface area contributed by atoms with Crippen molar-refractivity contribution in [3.05, 3.63) is 53.9 Å². The summed E-state index contributed by atoms with van der Waals surface area (Å²) in [5.74, 6) is 0.137. The molecule has 0 saturated carbocycles. The third-order valence-corrected chi connectivity index (χ3v) is 5.78. The highest BCUT2D eigenvalue weighted by atomic mass is 16.2. The first-order valence-corrected chi connectivity index (χ1v) is 9.78. The van der Waals surface area contributed by atoms with Crippen molar-refractivity contribution in [1.29, 1.82) is 0 Å². The average Bonchev–Trinajstić information content (AvgIpc) is 3.23. The van der Waals surface area contributed by atoms with E-state index in [1.165, 1.54) is 32.4 Å².